The average Bonchev–Trinajstić information content (AvgIpc) is 3.31. The van der Waals surface area contributed by atoms with Crippen molar-refractivity contribution in [1.82, 2.24) is 4.31 Å². The lowest BCUT2D eigenvalue weighted by Gasteiger charge is -2.26. The fraction of sp³-hybridized carbons (Fsp3) is 0.562. The summed E-state index contributed by atoms with van der Waals surface area (Å²) in [6.45, 7) is 3.67. The summed E-state index contributed by atoms with van der Waals surface area (Å²) in [5.74, 6) is 0.213. The van der Waals surface area contributed by atoms with Crippen molar-refractivity contribution < 1.29 is 22.7 Å². The molecule has 2 fully saturated rings. The van der Waals surface area contributed by atoms with E-state index >= 15 is 0 Å². The highest BCUT2D eigenvalue weighted by atomic mass is 32.2. The average molecular weight is 339 g/mol. The number of benzene rings is 1. The Morgan fingerprint density at radius 1 is 1.35 bits per heavy atom. The summed E-state index contributed by atoms with van der Waals surface area (Å²) in [5, 5.41) is 0. The molecule has 0 amide bonds. The minimum atomic E-state index is -3.52. The van der Waals surface area contributed by atoms with Crippen molar-refractivity contribution in [3.05, 3.63) is 29.8 Å². The molecular weight excluding hydrogens is 318 g/mol. The Bertz CT molecular complexity index is 681. The van der Waals surface area contributed by atoms with Gasteiger partial charge >= 0.3 is 5.97 Å². The van der Waals surface area contributed by atoms with E-state index < -0.39 is 10.0 Å². The van der Waals surface area contributed by atoms with Gasteiger partial charge in [0.1, 0.15) is 6.61 Å². The van der Waals surface area contributed by atoms with Crippen LogP contribution in [0.1, 0.15) is 18.9 Å². The summed E-state index contributed by atoms with van der Waals surface area (Å²) in [6.07, 6.45) is 0.879. The quantitative estimate of drug-likeness (QED) is 0.759. The van der Waals surface area contributed by atoms with Crippen molar-refractivity contribution in [2.75, 3.05) is 26.3 Å². The summed E-state index contributed by atoms with van der Waals surface area (Å²) in [4.78, 5) is 12.0. The largest absolute Gasteiger partial charge is 0.461 e. The predicted octanol–water partition coefficient (Wildman–Crippen LogP) is 1.41. The Balaban J connectivity index is 1.67. The van der Waals surface area contributed by atoms with Crippen molar-refractivity contribution in [3.63, 3.8) is 0 Å². The molecule has 0 aromatic heterocycles. The minimum absolute atomic E-state index is 0.00950. The van der Waals surface area contributed by atoms with Crippen molar-refractivity contribution in [1.29, 1.82) is 0 Å². The fourth-order valence-corrected chi connectivity index (χ4v) is 4.12. The lowest BCUT2D eigenvalue weighted by atomic mass is 10.2. The lowest BCUT2D eigenvalue weighted by Crippen LogP contribution is -2.40. The van der Waals surface area contributed by atoms with Crippen molar-refractivity contribution in [2.24, 2.45) is 11.8 Å². The molecule has 23 heavy (non-hydrogen) atoms. The van der Waals surface area contributed by atoms with Gasteiger partial charge in [-0.3, -0.25) is 4.79 Å². The van der Waals surface area contributed by atoms with Crippen LogP contribution in [-0.2, 0) is 30.9 Å². The molecule has 1 heterocycles. The van der Waals surface area contributed by atoms with E-state index in [2.05, 4.69) is 0 Å². The van der Waals surface area contributed by atoms with Gasteiger partial charge in [0, 0.05) is 13.1 Å². The molecule has 1 saturated carbocycles. The first kappa shape index (κ1) is 16.4. The molecule has 0 N–H and O–H groups in total. The van der Waals surface area contributed by atoms with Gasteiger partial charge in [-0.25, -0.2) is 8.42 Å². The second-order valence-electron chi connectivity index (χ2n) is 6.09. The topological polar surface area (TPSA) is 72.9 Å². The number of nitrogens with zero attached hydrogens (tertiary/aromatic N) is 1. The van der Waals surface area contributed by atoms with Gasteiger partial charge < -0.3 is 9.47 Å². The maximum absolute atomic E-state index is 12.6. The number of carbonyl (C=O) groups is 1. The van der Waals surface area contributed by atoms with Crippen LogP contribution < -0.4 is 0 Å². The number of sulfonamides is 1. The number of esters is 1. The molecule has 2 aliphatic rings. The van der Waals surface area contributed by atoms with Gasteiger partial charge in [0.05, 0.1) is 24.0 Å². The van der Waals surface area contributed by atoms with Gasteiger partial charge in [-0.05, 0) is 30.0 Å². The van der Waals surface area contributed by atoms with Crippen LogP contribution in [0.25, 0.3) is 0 Å². The normalized spacial score (nSPS) is 25.1. The second kappa shape index (κ2) is 6.59. The zero-order valence-corrected chi connectivity index (χ0v) is 13.9. The molecule has 1 aliphatic carbocycles. The summed E-state index contributed by atoms with van der Waals surface area (Å²) in [5.41, 5.74) is 0.681. The molecule has 1 aromatic carbocycles. The number of carbonyl (C=O) groups excluding carboxylic acids is 1. The fourth-order valence-electron chi connectivity index (χ4n) is 2.64. The maximum atomic E-state index is 12.6. The third-order valence-electron chi connectivity index (χ3n) is 4.30. The van der Waals surface area contributed by atoms with E-state index in [1.165, 1.54) is 4.31 Å². The Morgan fingerprint density at radius 2 is 2.04 bits per heavy atom. The molecule has 3 rings (SSSR count). The molecular formula is C16H21NO5S. The zero-order valence-electron chi connectivity index (χ0n) is 13.1. The van der Waals surface area contributed by atoms with E-state index in [4.69, 9.17) is 9.47 Å². The van der Waals surface area contributed by atoms with E-state index in [0.29, 0.717) is 37.8 Å². The van der Waals surface area contributed by atoms with Crippen LogP contribution in [0.2, 0.25) is 0 Å². The van der Waals surface area contributed by atoms with Gasteiger partial charge in [-0.1, -0.05) is 19.1 Å². The van der Waals surface area contributed by atoms with Crippen molar-refractivity contribution >= 4 is 16.0 Å². The van der Waals surface area contributed by atoms with Gasteiger partial charge in [0.25, 0.3) is 0 Å². The standard InChI is InChI=1S/C16H21NO5S/c1-12-9-15(12)16(18)22-11-13-3-2-4-14(10-13)23(19,20)17-5-7-21-8-6-17/h2-4,10,12,15H,5-9,11H2,1H3/t12-,15-/m1/s1. The smallest absolute Gasteiger partial charge is 0.309 e. The third-order valence-corrected chi connectivity index (χ3v) is 6.19. The Morgan fingerprint density at radius 3 is 2.70 bits per heavy atom. The van der Waals surface area contributed by atoms with Crippen LogP contribution in [0.15, 0.2) is 29.2 Å². The van der Waals surface area contributed by atoms with E-state index in [9.17, 15) is 13.2 Å². The molecule has 7 heteroatoms. The summed E-state index contributed by atoms with van der Waals surface area (Å²) >= 11 is 0. The second-order valence-corrected chi connectivity index (χ2v) is 8.03. The first-order valence-corrected chi connectivity index (χ1v) is 9.26. The molecule has 0 bridgehead atoms. The van der Waals surface area contributed by atoms with Gasteiger partial charge in [0.15, 0.2) is 0 Å². The van der Waals surface area contributed by atoms with Gasteiger partial charge in [-0.2, -0.15) is 4.31 Å². The zero-order chi connectivity index (χ0) is 16.4. The maximum Gasteiger partial charge on any atom is 0.309 e. The van der Waals surface area contributed by atoms with Crippen LogP contribution >= 0.6 is 0 Å². The van der Waals surface area contributed by atoms with E-state index in [0.717, 1.165) is 6.42 Å². The molecule has 0 spiro atoms. The molecule has 0 radical (unpaired) electrons. The van der Waals surface area contributed by atoms with Crippen LogP contribution in [-0.4, -0.2) is 45.0 Å². The first-order chi connectivity index (χ1) is 11.0. The SMILES string of the molecule is C[C@@H]1C[C@H]1C(=O)OCc1cccc(S(=O)(=O)N2CCOCC2)c1. The third kappa shape index (κ3) is 3.73. The number of hydrogen-bond acceptors (Lipinski definition) is 5. The van der Waals surface area contributed by atoms with Crippen LogP contribution in [0.3, 0.4) is 0 Å². The highest BCUT2D eigenvalue weighted by Crippen LogP contribution is 2.38. The molecule has 126 valence electrons. The molecule has 6 nitrogen and oxygen atoms in total. The van der Waals surface area contributed by atoms with E-state index in [-0.39, 0.29) is 23.4 Å². The molecule has 1 aliphatic heterocycles. The first-order valence-electron chi connectivity index (χ1n) is 7.82. The Hall–Kier alpha value is -1.44. The van der Waals surface area contributed by atoms with Crippen LogP contribution in [0, 0.1) is 11.8 Å². The summed E-state index contributed by atoms with van der Waals surface area (Å²) in [7, 11) is -3.52. The number of ether oxygens (including phenoxy) is 2. The Kier molecular flexibility index (Phi) is 4.70. The van der Waals surface area contributed by atoms with E-state index in [1.807, 2.05) is 6.92 Å². The molecule has 0 unspecified atom stereocenters. The van der Waals surface area contributed by atoms with Gasteiger partial charge in [0.2, 0.25) is 10.0 Å². The minimum Gasteiger partial charge on any atom is -0.461 e. The number of morpholine rings is 1. The molecule has 1 aromatic rings. The van der Waals surface area contributed by atoms with Crippen LogP contribution in [0.5, 0.6) is 0 Å². The van der Waals surface area contributed by atoms with Crippen molar-refractivity contribution in [2.45, 2.75) is 24.8 Å². The van der Waals surface area contributed by atoms with Gasteiger partial charge in [-0.15, -0.1) is 0 Å². The number of hydrogen-bond donors (Lipinski definition) is 0. The van der Waals surface area contributed by atoms with Crippen molar-refractivity contribution in [3.8, 4) is 0 Å². The number of rotatable bonds is 5. The monoisotopic (exact) mass is 339 g/mol. The molecule has 2 atom stereocenters. The highest BCUT2D eigenvalue weighted by molar-refractivity contribution is 7.89. The highest BCUT2D eigenvalue weighted by Gasteiger charge is 2.40. The summed E-state index contributed by atoms with van der Waals surface area (Å²) in [6, 6.07) is 6.59. The van der Waals surface area contributed by atoms with E-state index in [1.54, 1.807) is 24.3 Å². The van der Waals surface area contributed by atoms with Crippen LogP contribution in [0.4, 0.5) is 0 Å². The predicted molar refractivity (Wildman–Crippen MR) is 83.1 cm³/mol. The Labute approximate surface area is 136 Å². The summed E-state index contributed by atoms with van der Waals surface area (Å²) < 4.78 is 37.1. The lowest BCUT2D eigenvalue weighted by molar-refractivity contribution is -0.146. The molecule has 1 saturated heterocycles.